The van der Waals surface area contributed by atoms with Crippen molar-refractivity contribution < 1.29 is 9.18 Å². The summed E-state index contributed by atoms with van der Waals surface area (Å²) in [6.07, 6.45) is 0. The molecule has 0 saturated heterocycles. The lowest BCUT2D eigenvalue weighted by Crippen LogP contribution is -2.14. The van der Waals surface area contributed by atoms with Crippen LogP contribution in [-0.4, -0.2) is 5.91 Å². The Labute approximate surface area is 76.7 Å². The van der Waals surface area contributed by atoms with Gasteiger partial charge in [0.25, 0.3) is 5.91 Å². The second-order valence-corrected chi connectivity index (χ2v) is 2.98. The third-order valence-electron chi connectivity index (χ3n) is 1.37. The molecule has 0 saturated carbocycles. The van der Waals surface area contributed by atoms with Crippen LogP contribution in [0.15, 0.2) is 16.6 Å². The van der Waals surface area contributed by atoms with Crippen molar-refractivity contribution in [3.63, 3.8) is 0 Å². The van der Waals surface area contributed by atoms with Gasteiger partial charge in [0.1, 0.15) is 5.82 Å². The van der Waals surface area contributed by atoms with Crippen LogP contribution < -0.4 is 11.5 Å². The highest BCUT2D eigenvalue weighted by molar-refractivity contribution is 9.10. The van der Waals surface area contributed by atoms with E-state index < -0.39 is 11.7 Å². The van der Waals surface area contributed by atoms with E-state index >= 15 is 0 Å². The van der Waals surface area contributed by atoms with Gasteiger partial charge in [0, 0.05) is 5.69 Å². The van der Waals surface area contributed by atoms with E-state index in [2.05, 4.69) is 15.9 Å². The topological polar surface area (TPSA) is 69.1 Å². The number of rotatable bonds is 1. The molecule has 1 amide bonds. The number of primary amides is 1. The first kappa shape index (κ1) is 8.99. The van der Waals surface area contributed by atoms with Crippen molar-refractivity contribution in [2.24, 2.45) is 5.73 Å². The average Bonchev–Trinajstić information content (AvgIpc) is 1.97. The van der Waals surface area contributed by atoms with Crippen LogP contribution >= 0.6 is 15.9 Å². The molecule has 0 aromatic heterocycles. The first-order chi connectivity index (χ1) is 5.54. The van der Waals surface area contributed by atoms with Gasteiger partial charge in [0.15, 0.2) is 0 Å². The van der Waals surface area contributed by atoms with Crippen LogP contribution in [0.25, 0.3) is 0 Å². The minimum Gasteiger partial charge on any atom is -0.398 e. The normalized spacial score (nSPS) is 9.83. The molecule has 0 bridgehead atoms. The summed E-state index contributed by atoms with van der Waals surface area (Å²) in [4.78, 5) is 10.7. The number of halogens is 2. The molecular weight excluding hydrogens is 227 g/mol. The lowest BCUT2D eigenvalue weighted by Gasteiger charge is -2.04. The Morgan fingerprint density at radius 3 is 2.50 bits per heavy atom. The highest BCUT2D eigenvalue weighted by Gasteiger charge is 2.13. The van der Waals surface area contributed by atoms with Gasteiger partial charge >= 0.3 is 0 Å². The first-order valence-electron chi connectivity index (χ1n) is 3.07. The number of benzene rings is 1. The van der Waals surface area contributed by atoms with Crippen LogP contribution in [0, 0.1) is 5.82 Å². The maximum absolute atomic E-state index is 12.8. The number of hydrogen-bond donors (Lipinski definition) is 2. The molecule has 5 heteroatoms. The van der Waals surface area contributed by atoms with E-state index in [1.165, 1.54) is 6.07 Å². The predicted molar refractivity (Wildman–Crippen MR) is 47.0 cm³/mol. The summed E-state index contributed by atoms with van der Waals surface area (Å²) < 4.78 is 12.8. The highest BCUT2D eigenvalue weighted by Crippen LogP contribution is 2.24. The molecule has 0 radical (unpaired) electrons. The van der Waals surface area contributed by atoms with Gasteiger partial charge in [0.2, 0.25) is 0 Å². The van der Waals surface area contributed by atoms with E-state index in [0.29, 0.717) is 0 Å². The maximum atomic E-state index is 12.8. The molecule has 0 aliphatic rings. The zero-order chi connectivity index (χ0) is 9.30. The van der Waals surface area contributed by atoms with Gasteiger partial charge in [-0.05, 0) is 28.1 Å². The molecule has 1 rings (SSSR count). The summed E-state index contributed by atoms with van der Waals surface area (Å²) >= 11 is 2.88. The number of amides is 1. The Morgan fingerprint density at radius 2 is 2.08 bits per heavy atom. The number of hydrogen-bond acceptors (Lipinski definition) is 2. The van der Waals surface area contributed by atoms with Gasteiger partial charge in [-0.25, -0.2) is 4.39 Å². The van der Waals surface area contributed by atoms with E-state index in [0.717, 1.165) is 6.07 Å². The summed E-state index contributed by atoms with van der Waals surface area (Å²) in [6, 6.07) is 2.45. The van der Waals surface area contributed by atoms with E-state index in [1.807, 2.05) is 0 Å². The van der Waals surface area contributed by atoms with E-state index in [4.69, 9.17) is 11.5 Å². The standard InChI is InChI=1S/C7H6BrFN2O/c8-6-3(9)1-2-4(10)5(6)7(11)12/h1-2H,10H2,(H2,11,12). The maximum Gasteiger partial charge on any atom is 0.252 e. The Balaban J connectivity index is 3.43. The number of nitrogens with two attached hydrogens (primary N) is 2. The Hall–Kier alpha value is -1.10. The Bertz CT molecular complexity index is 340. The van der Waals surface area contributed by atoms with Crippen molar-refractivity contribution in [2.75, 3.05) is 5.73 Å². The van der Waals surface area contributed by atoms with Gasteiger partial charge < -0.3 is 11.5 Å². The molecule has 0 spiro atoms. The molecule has 3 nitrogen and oxygen atoms in total. The molecule has 1 aromatic carbocycles. The molecular formula is C7H6BrFN2O. The molecule has 64 valence electrons. The van der Waals surface area contributed by atoms with Gasteiger partial charge in [0.05, 0.1) is 10.0 Å². The zero-order valence-electron chi connectivity index (χ0n) is 5.97. The van der Waals surface area contributed by atoms with Crippen molar-refractivity contribution >= 4 is 27.5 Å². The summed E-state index contributed by atoms with van der Waals surface area (Å²) in [7, 11) is 0. The van der Waals surface area contributed by atoms with Crippen molar-refractivity contribution in [2.45, 2.75) is 0 Å². The molecule has 1 aromatic rings. The molecule has 0 fully saturated rings. The van der Waals surface area contributed by atoms with Crippen molar-refractivity contribution in [3.05, 3.63) is 28.0 Å². The predicted octanol–water partition coefficient (Wildman–Crippen LogP) is 1.27. The molecule has 0 heterocycles. The molecule has 0 atom stereocenters. The van der Waals surface area contributed by atoms with Gasteiger partial charge in [-0.3, -0.25) is 4.79 Å². The monoisotopic (exact) mass is 232 g/mol. The summed E-state index contributed by atoms with van der Waals surface area (Å²) in [6.45, 7) is 0. The van der Waals surface area contributed by atoms with Crippen molar-refractivity contribution in [1.29, 1.82) is 0 Å². The summed E-state index contributed by atoms with van der Waals surface area (Å²) in [5.74, 6) is -1.31. The number of anilines is 1. The minimum absolute atomic E-state index is 0.00926. The lowest BCUT2D eigenvalue weighted by molar-refractivity contribution is 0.1000. The molecule has 0 aliphatic carbocycles. The van der Waals surface area contributed by atoms with Crippen LogP contribution in [0.3, 0.4) is 0 Å². The van der Waals surface area contributed by atoms with Gasteiger partial charge in [-0.1, -0.05) is 0 Å². The second-order valence-electron chi connectivity index (χ2n) is 2.19. The largest absolute Gasteiger partial charge is 0.398 e. The minimum atomic E-state index is -0.751. The molecule has 4 N–H and O–H groups in total. The molecule has 12 heavy (non-hydrogen) atoms. The fourth-order valence-electron chi connectivity index (χ4n) is 0.816. The smallest absolute Gasteiger partial charge is 0.252 e. The lowest BCUT2D eigenvalue weighted by atomic mass is 10.1. The number of carbonyl (C=O) groups excluding carboxylic acids is 1. The third-order valence-corrected chi connectivity index (χ3v) is 2.15. The molecule has 0 unspecified atom stereocenters. The quantitative estimate of drug-likeness (QED) is 0.717. The number of carbonyl (C=O) groups is 1. The average molecular weight is 233 g/mol. The zero-order valence-corrected chi connectivity index (χ0v) is 7.56. The van der Waals surface area contributed by atoms with E-state index in [9.17, 15) is 9.18 Å². The van der Waals surface area contributed by atoms with Crippen LogP contribution in [-0.2, 0) is 0 Å². The van der Waals surface area contributed by atoms with E-state index in [-0.39, 0.29) is 15.7 Å². The van der Waals surface area contributed by atoms with Crippen LogP contribution in [0.2, 0.25) is 0 Å². The highest BCUT2D eigenvalue weighted by atomic mass is 79.9. The fraction of sp³-hybridized carbons (Fsp3) is 0. The fourth-order valence-corrected chi connectivity index (χ4v) is 1.37. The van der Waals surface area contributed by atoms with Crippen LogP contribution in [0.1, 0.15) is 10.4 Å². The Morgan fingerprint density at radius 1 is 1.50 bits per heavy atom. The Kier molecular flexibility index (Phi) is 2.32. The SMILES string of the molecule is NC(=O)c1c(N)ccc(F)c1Br. The second kappa shape index (κ2) is 3.10. The van der Waals surface area contributed by atoms with E-state index in [1.54, 1.807) is 0 Å². The van der Waals surface area contributed by atoms with Crippen LogP contribution in [0.4, 0.5) is 10.1 Å². The van der Waals surface area contributed by atoms with Gasteiger partial charge in [-0.15, -0.1) is 0 Å². The third kappa shape index (κ3) is 1.40. The molecule has 0 aliphatic heterocycles. The first-order valence-corrected chi connectivity index (χ1v) is 3.86. The van der Waals surface area contributed by atoms with Crippen molar-refractivity contribution in [1.82, 2.24) is 0 Å². The summed E-state index contributed by atoms with van der Waals surface area (Å²) in [5.41, 5.74) is 10.5. The summed E-state index contributed by atoms with van der Waals surface area (Å²) in [5, 5.41) is 0. The number of nitrogen functional groups attached to an aromatic ring is 1. The van der Waals surface area contributed by atoms with Crippen molar-refractivity contribution in [3.8, 4) is 0 Å². The van der Waals surface area contributed by atoms with Crippen LogP contribution in [0.5, 0.6) is 0 Å². The van der Waals surface area contributed by atoms with Gasteiger partial charge in [-0.2, -0.15) is 0 Å².